The topological polar surface area (TPSA) is 78.7 Å². The maximum atomic E-state index is 12.3. The lowest BCUT2D eigenvalue weighted by atomic mass is 10.1. The van der Waals surface area contributed by atoms with Crippen molar-refractivity contribution in [1.29, 1.82) is 0 Å². The van der Waals surface area contributed by atoms with Gasteiger partial charge in [-0.25, -0.2) is 0 Å². The lowest BCUT2D eigenvalue weighted by Gasteiger charge is -2.14. The molecule has 6 nitrogen and oxygen atoms in total. The molecule has 1 unspecified atom stereocenters. The number of rotatable bonds is 6. The number of Topliss-reactive ketones (excluding diaryl/α,β-unsaturated/α-hetero) is 1. The lowest BCUT2D eigenvalue weighted by molar-refractivity contribution is -0.386. The maximum Gasteiger partial charge on any atom is 0.310 e. The minimum Gasteiger partial charge on any atom is -0.497 e. The summed E-state index contributed by atoms with van der Waals surface area (Å²) in [6.07, 6.45) is -0.838. The Labute approximate surface area is 127 Å². The van der Waals surface area contributed by atoms with Crippen LogP contribution in [-0.2, 0) is 0 Å². The Morgan fingerprint density at radius 3 is 2.36 bits per heavy atom. The van der Waals surface area contributed by atoms with Crippen molar-refractivity contribution in [3.63, 3.8) is 0 Å². The molecule has 0 aromatic heterocycles. The molecular formula is C16H15NO5. The average Bonchev–Trinajstić information content (AvgIpc) is 2.54. The van der Waals surface area contributed by atoms with Gasteiger partial charge in [0.1, 0.15) is 5.75 Å². The normalized spacial score (nSPS) is 11.5. The van der Waals surface area contributed by atoms with Crippen molar-refractivity contribution in [3.8, 4) is 11.5 Å². The summed E-state index contributed by atoms with van der Waals surface area (Å²) in [7, 11) is 1.54. The molecule has 0 aliphatic rings. The monoisotopic (exact) mass is 301 g/mol. The van der Waals surface area contributed by atoms with E-state index in [0.29, 0.717) is 11.3 Å². The first-order chi connectivity index (χ1) is 10.5. The Morgan fingerprint density at radius 1 is 1.14 bits per heavy atom. The zero-order chi connectivity index (χ0) is 16.1. The van der Waals surface area contributed by atoms with E-state index in [0.717, 1.165) is 0 Å². The van der Waals surface area contributed by atoms with Crippen molar-refractivity contribution >= 4 is 11.5 Å². The van der Waals surface area contributed by atoms with Crippen LogP contribution in [0.2, 0.25) is 0 Å². The molecule has 0 amide bonds. The number of methoxy groups -OCH3 is 1. The molecule has 0 bridgehead atoms. The second-order valence-corrected chi connectivity index (χ2v) is 4.58. The van der Waals surface area contributed by atoms with E-state index in [-0.39, 0.29) is 17.2 Å². The third-order valence-corrected chi connectivity index (χ3v) is 3.11. The zero-order valence-electron chi connectivity index (χ0n) is 12.2. The summed E-state index contributed by atoms with van der Waals surface area (Å²) >= 11 is 0. The van der Waals surface area contributed by atoms with Crippen molar-refractivity contribution in [1.82, 2.24) is 0 Å². The second-order valence-electron chi connectivity index (χ2n) is 4.58. The van der Waals surface area contributed by atoms with Crippen LogP contribution in [0.25, 0.3) is 0 Å². The van der Waals surface area contributed by atoms with Crippen molar-refractivity contribution in [2.24, 2.45) is 0 Å². The number of nitro benzene ring substituents is 1. The predicted octanol–water partition coefficient (Wildman–Crippen LogP) is 3.25. The van der Waals surface area contributed by atoms with Crippen molar-refractivity contribution in [2.75, 3.05) is 7.11 Å². The first kappa shape index (κ1) is 15.5. The molecule has 2 rings (SSSR count). The van der Waals surface area contributed by atoms with Gasteiger partial charge in [0.25, 0.3) is 0 Å². The van der Waals surface area contributed by atoms with Crippen LogP contribution in [0.4, 0.5) is 5.69 Å². The summed E-state index contributed by atoms with van der Waals surface area (Å²) in [4.78, 5) is 22.7. The predicted molar refractivity (Wildman–Crippen MR) is 80.5 cm³/mol. The number of carbonyl (C=O) groups excluding carboxylic acids is 1. The largest absolute Gasteiger partial charge is 0.497 e. The van der Waals surface area contributed by atoms with E-state index in [1.165, 1.54) is 19.2 Å². The van der Waals surface area contributed by atoms with Crippen LogP contribution in [0.3, 0.4) is 0 Å². The van der Waals surface area contributed by atoms with Crippen LogP contribution < -0.4 is 9.47 Å². The highest BCUT2D eigenvalue weighted by Crippen LogP contribution is 2.27. The zero-order valence-corrected chi connectivity index (χ0v) is 12.2. The van der Waals surface area contributed by atoms with Gasteiger partial charge in [0, 0.05) is 11.6 Å². The van der Waals surface area contributed by atoms with E-state index in [9.17, 15) is 14.9 Å². The van der Waals surface area contributed by atoms with Crippen LogP contribution in [-0.4, -0.2) is 23.9 Å². The molecule has 0 saturated carbocycles. The summed E-state index contributed by atoms with van der Waals surface area (Å²) in [5, 5.41) is 10.9. The van der Waals surface area contributed by atoms with E-state index < -0.39 is 11.0 Å². The van der Waals surface area contributed by atoms with Gasteiger partial charge in [0.15, 0.2) is 11.9 Å². The van der Waals surface area contributed by atoms with Crippen molar-refractivity contribution in [3.05, 3.63) is 64.2 Å². The van der Waals surface area contributed by atoms with Gasteiger partial charge in [-0.15, -0.1) is 0 Å². The van der Waals surface area contributed by atoms with E-state index in [4.69, 9.17) is 9.47 Å². The molecule has 2 aromatic carbocycles. The Balaban J connectivity index is 2.16. The number of hydrogen-bond donors (Lipinski definition) is 0. The number of para-hydroxylation sites is 2. The van der Waals surface area contributed by atoms with Gasteiger partial charge >= 0.3 is 5.69 Å². The van der Waals surface area contributed by atoms with Gasteiger partial charge in [-0.05, 0) is 37.3 Å². The van der Waals surface area contributed by atoms with Crippen LogP contribution in [0.5, 0.6) is 11.5 Å². The first-order valence-electron chi connectivity index (χ1n) is 6.61. The number of hydrogen-bond acceptors (Lipinski definition) is 5. The highest BCUT2D eigenvalue weighted by Gasteiger charge is 2.21. The minimum absolute atomic E-state index is 0.0712. The fourth-order valence-corrected chi connectivity index (χ4v) is 1.94. The van der Waals surface area contributed by atoms with Crippen LogP contribution in [0.1, 0.15) is 17.3 Å². The molecule has 1 atom stereocenters. The molecule has 0 radical (unpaired) electrons. The van der Waals surface area contributed by atoms with Gasteiger partial charge in [-0.1, -0.05) is 12.1 Å². The molecule has 0 N–H and O–H groups in total. The smallest absolute Gasteiger partial charge is 0.310 e. The molecule has 22 heavy (non-hydrogen) atoms. The summed E-state index contributed by atoms with van der Waals surface area (Å²) in [5.74, 6) is 0.450. The van der Waals surface area contributed by atoms with Gasteiger partial charge < -0.3 is 9.47 Å². The summed E-state index contributed by atoms with van der Waals surface area (Å²) < 4.78 is 10.5. The first-order valence-corrected chi connectivity index (χ1v) is 6.61. The molecule has 6 heteroatoms. The van der Waals surface area contributed by atoms with Crippen LogP contribution in [0.15, 0.2) is 48.5 Å². The van der Waals surface area contributed by atoms with Gasteiger partial charge in [0.2, 0.25) is 5.78 Å². The second kappa shape index (κ2) is 6.71. The molecule has 0 heterocycles. The molecular weight excluding hydrogens is 286 g/mol. The highest BCUT2D eigenvalue weighted by molar-refractivity contribution is 5.99. The number of ether oxygens (including phenoxy) is 2. The Hall–Kier alpha value is -2.89. The Morgan fingerprint density at radius 2 is 1.77 bits per heavy atom. The number of nitro groups is 1. The van der Waals surface area contributed by atoms with Crippen LogP contribution in [0, 0.1) is 10.1 Å². The standard InChI is InChI=1S/C16H15NO5/c1-11(16(18)12-7-9-13(21-2)10-8-12)22-15-6-4-3-5-14(15)17(19)20/h3-11H,1-2H3. The average molecular weight is 301 g/mol. The summed E-state index contributed by atoms with van der Waals surface area (Å²) in [5.41, 5.74) is 0.281. The third kappa shape index (κ3) is 3.41. The molecule has 114 valence electrons. The van der Waals surface area contributed by atoms with Gasteiger partial charge in [0.05, 0.1) is 12.0 Å². The van der Waals surface area contributed by atoms with Gasteiger partial charge in [-0.3, -0.25) is 14.9 Å². The van der Waals surface area contributed by atoms with Gasteiger partial charge in [-0.2, -0.15) is 0 Å². The molecule has 2 aromatic rings. The maximum absolute atomic E-state index is 12.3. The molecule has 0 fully saturated rings. The Kier molecular flexibility index (Phi) is 4.73. The highest BCUT2D eigenvalue weighted by atomic mass is 16.6. The molecule has 0 aliphatic carbocycles. The summed E-state index contributed by atoms with van der Waals surface area (Å²) in [6, 6.07) is 12.6. The van der Waals surface area contributed by atoms with E-state index in [1.807, 2.05) is 0 Å². The van der Waals surface area contributed by atoms with E-state index in [1.54, 1.807) is 43.3 Å². The van der Waals surface area contributed by atoms with E-state index in [2.05, 4.69) is 0 Å². The lowest BCUT2D eigenvalue weighted by Crippen LogP contribution is -2.24. The quantitative estimate of drug-likeness (QED) is 0.465. The third-order valence-electron chi connectivity index (χ3n) is 3.11. The minimum atomic E-state index is -0.838. The number of ketones is 1. The number of carbonyl (C=O) groups is 1. The molecule has 0 saturated heterocycles. The number of benzene rings is 2. The SMILES string of the molecule is COc1ccc(C(=O)C(C)Oc2ccccc2[N+](=O)[O-])cc1. The van der Waals surface area contributed by atoms with Crippen molar-refractivity contribution < 1.29 is 19.2 Å². The molecule has 0 aliphatic heterocycles. The Bertz CT molecular complexity index is 681. The number of nitrogens with zero attached hydrogens (tertiary/aromatic N) is 1. The summed E-state index contributed by atoms with van der Waals surface area (Å²) in [6.45, 7) is 1.56. The van der Waals surface area contributed by atoms with Crippen LogP contribution >= 0.6 is 0 Å². The molecule has 0 spiro atoms. The fourth-order valence-electron chi connectivity index (χ4n) is 1.94. The van der Waals surface area contributed by atoms with Crippen molar-refractivity contribution in [2.45, 2.75) is 13.0 Å². The fraction of sp³-hybridized carbons (Fsp3) is 0.188. The van der Waals surface area contributed by atoms with E-state index >= 15 is 0 Å².